The number of nitrogens with one attached hydrogen (secondary N) is 1. The third-order valence-electron chi connectivity index (χ3n) is 5.78. The highest BCUT2D eigenvalue weighted by Crippen LogP contribution is 2.44. The van der Waals surface area contributed by atoms with Gasteiger partial charge in [0, 0.05) is 5.56 Å². The van der Waals surface area contributed by atoms with Crippen LogP contribution < -0.4 is 15.2 Å². The van der Waals surface area contributed by atoms with E-state index in [1.165, 1.54) is 19.4 Å². The number of benzene rings is 3. The highest BCUT2D eigenvalue weighted by Gasteiger charge is 2.37. The molecule has 0 fully saturated rings. The van der Waals surface area contributed by atoms with E-state index in [0.717, 1.165) is 17.2 Å². The lowest BCUT2D eigenvalue weighted by atomic mass is 10.0. The predicted molar refractivity (Wildman–Crippen MR) is 130 cm³/mol. The van der Waals surface area contributed by atoms with Crippen LogP contribution in [0.1, 0.15) is 23.9 Å². The normalized spacial score (nSPS) is 13.3. The molecule has 0 amide bonds. The fraction of sp³-hybridized carbons (Fsp3) is 0.222. The molecule has 6 nitrogen and oxygen atoms in total. The van der Waals surface area contributed by atoms with Crippen molar-refractivity contribution in [1.29, 1.82) is 0 Å². The first-order chi connectivity index (χ1) is 17.1. The Hall–Kier alpha value is -3.82. The average molecular weight is 498 g/mol. The number of hydrogen-bond donors (Lipinski definition) is 3. The molecule has 4 rings (SSSR count). The molecule has 4 N–H and O–H groups in total. The Labute approximate surface area is 206 Å². The van der Waals surface area contributed by atoms with Gasteiger partial charge in [-0.15, -0.1) is 0 Å². The van der Waals surface area contributed by atoms with Gasteiger partial charge in [0.25, 0.3) is 0 Å². The van der Waals surface area contributed by atoms with Gasteiger partial charge >= 0.3 is 6.18 Å². The van der Waals surface area contributed by atoms with Crippen LogP contribution in [0.4, 0.5) is 13.2 Å². The molecule has 0 aliphatic heterocycles. The van der Waals surface area contributed by atoms with Gasteiger partial charge in [0.2, 0.25) is 0 Å². The van der Waals surface area contributed by atoms with Gasteiger partial charge in [0.05, 0.1) is 31.1 Å². The number of aliphatic hydroxyl groups is 1. The van der Waals surface area contributed by atoms with Crippen LogP contribution in [0.5, 0.6) is 11.5 Å². The zero-order valence-corrected chi connectivity index (χ0v) is 19.8. The van der Waals surface area contributed by atoms with Gasteiger partial charge in [0.15, 0.2) is 11.5 Å². The number of ether oxygens (including phenoxy) is 2. The molecule has 188 valence electrons. The molecule has 4 aromatic rings. The number of H-pyrrole nitrogens is 1. The summed E-state index contributed by atoms with van der Waals surface area (Å²) in [6.45, 7) is 1.08. The number of nitrogens with two attached hydrogens (primary N) is 1. The third-order valence-corrected chi connectivity index (χ3v) is 5.78. The highest BCUT2D eigenvalue weighted by molar-refractivity contribution is 5.67. The van der Waals surface area contributed by atoms with Crippen LogP contribution in [-0.4, -0.2) is 28.8 Å². The molecule has 0 radical (unpaired) electrons. The van der Waals surface area contributed by atoms with Crippen molar-refractivity contribution < 1.29 is 27.8 Å². The van der Waals surface area contributed by atoms with Gasteiger partial charge in [-0.3, -0.25) is 0 Å². The summed E-state index contributed by atoms with van der Waals surface area (Å²) < 4.78 is 53.1. The first-order valence-corrected chi connectivity index (χ1v) is 11.1. The van der Waals surface area contributed by atoms with Gasteiger partial charge in [-0.1, -0.05) is 54.6 Å². The van der Waals surface area contributed by atoms with Gasteiger partial charge in [-0.2, -0.15) is 13.2 Å². The Balaban J connectivity index is 1.63. The van der Waals surface area contributed by atoms with Crippen molar-refractivity contribution in [2.24, 2.45) is 5.73 Å². The van der Waals surface area contributed by atoms with Crippen molar-refractivity contribution in [1.82, 2.24) is 9.97 Å². The van der Waals surface area contributed by atoms with Gasteiger partial charge in [-0.05, 0) is 35.7 Å². The van der Waals surface area contributed by atoms with Crippen LogP contribution in [0, 0.1) is 0 Å². The summed E-state index contributed by atoms with van der Waals surface area (Å²) in [5.74, 6) is -0.235. The largest absolute Gasteiger partial charge is 0.493 e. The Morgan fingerprint density at radius 1 is 0.972 bits per heavy atom. The monoisotopic (exact) mass is 497 g/mol. The number of halogens is 3. The Morgan fingerprint density at radius 2 is 1.64 bits per heavy atom. The molecule has 0 aliphatic rings. The maximum absolute atomic E-state index is 14.1. The number of rotatable bonds is 8. The number of aromatic amines is 1. The van der Waals surface area contributed by atoms with Crippen molar-refractivity contribution >= 4 is 0 Å². The van der Waals surface area contributed by atoms with E-state index in [4.69, 9.17) is 15.2 Å². The van der Waals surface area contributed by atoms with E-state index in [9.17, 15) is 18.3 Å². The van der Waals surface area contributed by atoms with Gasteiger partial charge < -0.3 is 25.3 Å². The number of methoxy groups -OCH3 is 1. The molecular weight excluding hydrogens is 471 g/mol. The molecule has 1 atom stereocenters. The second-order valence-corrected chi connectivity index (χ2v) is 8.63. The summed E-state index contributed by atoms with van der Waals surface area (Å²) in [5.41, 5.74) is 7.04. The molecule has 1 heterocycles. The van der Waals surface area contributed by atoms with Crippen molar-refractivity contribution in [3.63, 3.8) is 0 Å². The van der Waals surface area contributed by atoms with E-state index in [2.05, 4.69) is 9.97 Å². The van der Waals surface area contributed by atoms with Gasteiger partial charge in [0.1, 0.15) is 18.0 Å². The van der Waals surface area contributed by atoms with Crippen LogP contribution in [0.15, 0.2) is 72.9 Å². The van der Waals surface area contributed by atoms with Crippen LogP contribution in [-0.2, 0) is 18.3 Å². The number of hydrogen-bond acceptors (Lipinski definition) is 5. The first-order valence-electron chi connectivity index (χ1n) is 11.1. The Bertz CT molecular complexity index is 1320. The van der Waals surface area contributed by atoms with Crippen LogP contribution in [0.3, 0.4) is 0 Å². The molecular formula is C27H26F3N3O3. The van der Waals surface area contributed by atoms with E-state index in [0.29, 0.717) is 11.3 Å². The maximum Gasteiger partial charge on any atom is 0.420 e. The zero-order valence-electron chi connectivity index (χ0n) is 19.8. The lowest BCUT2D eigenvalue weighted by Crippen LogP contribution is -2.38. The molecule has 0 saturated heterocycles. The van der Waals surface area contributed by atoms with Crippen molar-refractivity contribution in [2.45, 2.75) is 25.2 Å². The van der Waals surface area contributed by atoms with Crippen LogP contribution in [0.25, 0.3) is 22.4 Å². The second-order valence-electron chi connectivity index (χ2n) is 8.63. The van der Waals surface area contributed by atoms with E-state index in [1.54, 1.807) is 6.92 Å². The lowest BCUT2D eigenvalue weighted by Gasteiger charge is -2.19. The van der Waals surface area contributed by atoms with Crippen LogP contribution in [0.2, 0.25) is 0 Å². The summed E-state index contributed by atoms with van der Waals surface area (Å²) >= 11 is 0. The summed E-state index contributed by atoms with van der Waals surface area (Å²) in [6, 6.07) is 19.6. The highest BCUT2D eigenvalue weighted by atomic mass is 19.4. The van der Waals surface area contributed by atoms with E-state index in [-0.39, 0.29) is 23.7 Å². The molecule has 0 saturated carbocycles. The SMILES string of the molecule is COc1cc(-c2cnc([C@@](C)(N)CO)[nH]2)cc(C(F)(F)F)c1OCc1ccc(-c2ccccc2)cc1. The Morgan fingerprint density at radius 3 is 2.25 bits per heavy atom. The number of aliphatic hydroxyl groups excluding tert-OH is 1. The van der Waals surface area contributed by atoms with Crippen molar-refractivity contribution in [3.05, 3.63) is 89.9 Å². The molecule has 3 aromatic carbocycles. The lowest BCUT2D eigenvalue weighted by molar-refractivity contribution is -0.139. The first kappa shape index (κ1) is 25.3. The standard InChI is InChI=1S/C27H26F3N3O3/c1-26(31,16-34)25-32-14-22(33-25)20-12-21(27(28,29)30)24(23(13-20)35-2)36-15-17-8-10-19(11-9-17)18-6-4-3-5-7-18/h3-14,34H,15-16,31H2,1-2H3,(H,32,33)/t26-/m0/s1. The topological polar surface area (TPSA) is 93.4 Å². The smallest absolute Gasteiger partial charge is 0.420 e. The summed E-state index contributed by atoms with van der Waals surface area (Å²) in [4.78, 5) is 7.00. The fourth-order valence-electron chi connectivity index (χ4n) is 3.68. The second kappa shape index (κ2) is 10.0. The number of nitrogens with zero attached hydrogens (tertiary/aromatic N) is 1. The molecule has 0 bridgehead atoms. The summed E-state index contributed by atoms with van der Waals surface area (Å²) in [5, 5.41) is 9.45. The molecule has 9 heteroatoms. The predicted octanol–water partition coefficient (Wildman–Crippen LogP) is 5.52. The number of aromatic nitrogens is 2. The van der Waals surface area contributed by atoms with Gasteiger partial charge in [-0.25, -0.2) is 4.98 Å². The van der Waals surface area contributed by atoms with Crippen molar-refractivity contribution in [2.75, 3.05) is 13.7 Å². The Kier molecular flexibility index (Phi) is 7.05. The molecule has 36 heavy (non-hydrogen) atoms. The fourth-order valence-corrected chi connectivity index (χ4v) is 3.68. The molecule has 0 spiro atoms. The minimum atomic E-state index is -4.70. The van der Waals surface area contributed by atoms with Crippen LogP contribution >= 0.6 is 0 Å². The molecule has 0 unspecified atom stereocenters. The summed E-state index contributed by atoms with van der Waals surface area (Å²) in [7, 11) is 1.28. The van der Waals surface area contributed by atoms with E-state index >= 15 is 0 Å². The van der Waals surface area contributed by atoms with E-state index < -0.39 is 29.6 Å². The third kappa shape index (κ3) is 5.37. The molecule has 0 aliphatic carbocycles. The number of alkyl halides is 3. The summed E-state index contributed by atoms with van der Waals surface area (Å²) in [6.07, 6.45) is -3.34. The van der Waals surface area contributed by atoms with Crippen molar-refractivity contribution in [3.8, 4) is 33.9 Å². The molecule has 1 aromatic heterocycles. The zero-order chi connectivity index (χ0) is 25.9. The van der Waals surface area contributed by atoms with E-state index in [1.807, 2.05) is 54.6 Å². The quantitative estimate of drug-likeness (QED) is 0.298. The average Bonchev–Trinajstić information content (AvgIpc) is 3.39. The number of imidazole rings is 1. The minimum absolute atomic E-state index is 0.0745. The minimum Gasteiger partial charge on any atom is -0.493 e. The maximum atomic E-state index is 14.1.